The second-order valence-electron chi connectivity index (χ2n) is 3.90. The third kappa shape index (κ3) is 12.7. The standard InChI is InChI=1S/C10H17F3N2O4/c1-7(2-3-8(16)17)15-9(18)14-4-5-19-6-10(11,12)13/h7H,2-6H2,1H3,(H,16,17)(H2,14,15,18). The highest BCUT2D eigenvalue weighted by Crippen LogP contribution is 2.13. The smallest absolute Gasteiger partial charge is 0.411 e. The lowest BCUT2D eigenvalue weighted by Crippen LogP contribution is -2.42. The molecule has 0 heterocycles. The molecule has 0 saturated carbocycles. The number of ether oxygens (including phenoxy) is 1. The molecule has 0 saturated heterocycles. The van der Waals surface area contributed by atoms with Crippen LogP contribution in [0, 0.1) is 0 Å². The van der Waals surface area contributed by atoms with E-state index in [4.69, 9.17) is 5.11 Å². The summed E-state index contributed by atoms with van der Waals surface area (Å²) in [7, 11) is 0. The number of alkyl halides is 3. The van der Waals surface area contributed by atoms with E-state index in [-0.39, 0.29) is 32.0 Å². The zero-order valence-corrected chi connectivity index (χ0v) is 10.4. The van der Waals surface area contributed by atoms with Crippen LogP contribution in [-0.2, 0) is 9.53 Å². The Kier molecular flexibility index (Phi) is 7.89. The van der Waals surface area contributed by atoms with Crippen LogP contribution in [0.4, 0.5) is 18.0 Å². The van der Waals surface area contributed by atoms with Gasteiger partial charge in [0.1, 0.15) is 6.61 Å². The molecule has 0 bridgehead atoms. The SMILES string of the molecule is CC(CCC(=O)O)NC(=O)NCCOCC(F)(F)F. The molecule has 6 nitrogen and oxygen atoms in total. The van der Waals surface area contributed by atoms with Crippen molar-refractivity contribution in [2.75, 3.05) is 19.8 Å². The molecule has 1 atom stereocenters. The number of carbonyl (C=O) groups excluding carboxylic acids is 1. The molecular weight excluding hydrogens is 269 g/mol. The van der Waals surface area contributed by atoms with Crippen molar-refractivity contribution in [3.8, 4) is 0 Å². The molecule has 19 heavy (non-hydrogen) atoms. The highest BCUT2D eigenvalue weighted by atomic mass is 19.4. The van der Waals surface area contributed by atoms with Crippen LogP contribution in [0.15, 0.2) is 0 Å². The Morgan fingerprint density at radius 3 is 2.53 bits per heavy atom. The molecule has 0 rings (SSSR count). The van der Waals surface area contributed by atoms with E-state index in [9.17, 15) is 22.8 Å². The highest BCUT2D eigenvalue weighted by molar-refractivity contribution is 5.74. The molecular formula is C10H17F3N2O4. The van der Waals surface area contributed by atoms with Gasteiger partial charge in [0.25, 0.3) is 0 Å². The van der Waals surface area contributed by atoms with Crippen LogP contribution < -0.4 is 10.6 Å². The van der Waals surface area contributed by atoms with E-state index in [1.165, 1.54) is 0 Å². The van der Waals surface area contributed by atoms with Crippen molar-refractivity contribution in [2.45, 2.75) is 32.0 Å². The van der Waals surface area contributed by atoms with Gasteiger partial charge in [0, 0.05) is 19.0 Å². The zero-order valence-electron chi connectivity index (χ0n) is 10.4. The van der Waals surface area contributed by atoms with E-state index >= 15 is 0 Å². The maximum absolute atomic E-state index is 11.7. The number of aliphatic carboxylic acids is 1. The van der Waals surface area contributed by atoms with Gasteiger partial charge in [-0.05, 0) is 13.3 Å². The van der Waals surface area contributed by atoms with E-state index in [0.29, 0.717) is 0 Å². The molecule has 9 heteroatoms. The van der Waals surface area contributed by atoms with E-state index in [1.807, 2.05) is 0 Å². The molecule has 0 aromatic heterocycles. The van der Waals surface area contributed by atoms with Crippen molar-refractivity contribution >= 4 is 12.0 Å². The fourth-order valence-electron chi connectivity index (χ4n) is 1.11. The number of carbonyl (C=O) groups is 2. The first kappa shape index (κ1) is 17.5. The third-order valence-electron chi connectivity index (χ3n) is 1.97. The van der Waals surface area contributed by atoms with Crippen molar-refractivity contribution in [1.29, 1.82) is 0 Å². The summed E-state index contributed by atoms with van der Waals surface area (Å²) in [6.45, 7) is -0.0437. The number of urea groups is 1. The van der Waals surface area contributed by atoms with Crippen LogP contribution in [0.1, 0.15) is 19.8 Å². The van der Waals surface area contributed by atoms with Gasteiger partial charge in [-0.3, -0.25) is 4.79 Å². The van der Waals surface area contributed by atoms with E-state index < -0.39 is 24.8 Å². The Bertz CT molecular complexity index is 297. The summed E-state index contributed by atoms with van der Waals surface area (Å²) < 4.78 is 39.4. The van der Waals surface area contributed by atoms with Gasteiger partial charge in [-0.15, -0.1) is 0 Å². The summed E-state index contributed by atoms with van der Waals surface area (Å²) in [5.41, 5.74) is 0. The largest absolute Gasteiger partial charge is 0.481 e. The first-order chi connectivity index (χ1) is 8.70. The molecule has 1 unspecified atom stereocenters. The first-order valence-corrected chi connectivity index (χ1v) is 5.61. The van der Waals surface area contributed by atoms with Crippen molar-refractivity contribution in [3.05, 3.63) is 0 Å². The van der Waals surface area contributed by atoms with Crippen LogP contribution in [0.3, 0.4) is 0 Å². The maximum atomic E-state index is 11.7. The summed E-state index contributed by atoms with van der Waals surface area (Å²) in [5, 5.41) is 13.2. The summed E-state index contributed by atoms with van der Waals surface area (Å²) in [5.74, 6) is -0.963. The minimum Gasteiger partial charge on any atom is -0.481 e. The Labute approximate surface area is 108 Å². The highest BCUT2D eigenvalue weighted by Gasteiger charge is 2.27. The average molecular weight is 286 g/mol. The van der Waals surface area contributed by atoms with Gasteiger partial charge in [-0.1, -0.05) is 0 Å². The lowest BCUT2D eigenvalue weighted by atomic mass is 10.2. The number of amides is 2. The van der Waals surface area contributed by atoms with Crippen LogP contribution in [0.5, 0.6) is 0 Å². The lowest BCUT2D eigenvalue weighted by Gasteiger charge is -2.14. The fourth-order valence-corrected chi connectivity index (χ4v) is 1.11. The minimum atomic E-state index is -4.38. The monoisotopic (exact) mass is 286 g/mol. The normalized spacial score (nSPS) is 12.8. The molecule has 2 amide bonds. The quantitative estimate of drug-likeness (QED) is 0.583. The third-order valence-corrected chi connectivity index (χ3v) is 1.97. The van der Waals surface area contributed by atoms with Gasteiger partial charge < -0.3 is 20.5 Å². The van der Waals surface area contributed by atoms with Gasteiger partial charge in [-0.2, -0.15) is 13.2 Å². The molecule has 3 N–H and O–H groups in total. The summed E-state index contributed by atoms with van der Waals surface area (Å²) in [6, 6.07) is -0.916. The molecule has 112 valence electrons. The number of carboxylic acid groups (broad SMARTS) is 1. The number of hydrogen-bond acceptors (Lipinski definition) is 3. The Morgan fingerprint density at radius 2 is 2.00 bits per heavy atom. The van der Waals surface area contributed by atoms with E-state index in [0.717, 1.165) is 0 Å². The topological polar surface area (TPSA) is 87.7 Å². The molecule has 0 radical (unpaired) electrons. The van der Waals surface area contributed by atoms with Crippen LogP contribution >= 0.6 is 0 Å². The molecule has 0 aliphatic heterocycles. The Morgan fingerprint density at radius 1 is 1.37 bits per heavy atom. The predicted molar refractivity (Wildman–Crippen MR) is 59.7 cm³/mol. The zero-order chi connectivity index (χ0) is 14.9. The molecule has 0 aromatic carbocycles. The summed E-state index contributed by atoms with van der Waals surface area (Å²) in [4.78, 5) is 21.5. The summed E-state index contributed by atoms with van der Waals surface area (Å²) >= 11 is 0. The van der Waals surface area contributed by atoms with Gasteiger partial charge in [-0.25, -0.2) is 4.79 Å². The van der Waals surface area contributed by atoms with E-state index in [1.54, 1.807) is 6.92 Å². The molecule has 0 aromatic rings. The molecule has 0 aliphatic rings. The number of nitrogens with one attached hydrogen (secondary N) is 2. The van der Waals surface area contributed by atoms with Crippen molar-refractivity contribution in [2.24, 2.45) is 0 Å². The van der Waals surface area contributed by atoms with Gasteiger partial charge >= 0.3 is 18.2 Å². The fraction of sp³-hybridized carbons (Fsp3) is 0.800. The number of rotatable bonds is 8. The molecule has 0 aliphatic carbocycles. The van der Waals surface area contributed by atoms with Crippen LogP contribution in [-0.4, -0.2) is 49.1 Å². The van der Waals surface area contributed by atoms with Crippen LogP contribution in [0.2, 0.25) is 0 Å². The predicted octanol–water partition coefficient (Wildman–Crippen LogP) is 1.12. The molecule has 0 spiro atoms. The minimum absolute atomic E-state index is 0.0619. The summed E-state index contributed by atoms with van der Waals surface area (Å²) in [6.07, 6.45) is -4.18. The van der Waals surface area contributed by atoms with E-state index in [2.05, 4.69) is 15.4 Å². The first-order valence-electron chi connectivity index (χ1n) is 5.61. The van der Waals surface area contributed by atoms with Crippen LogP contribution in [0.25, 0.3) is 0 Å². The maximum Gasteiger partial charge on any atom is 0.411 e. The number of hydrogen-bond donors (Lipinski definition) is 3. The Balaban J connectivity index is 3.56. The van der Waals surface area contributed by atoms with Gasteiger partial charge in [0.05, 0.1) is 6.61 Å². The van der Waals surface area contributed by atoms with Gasteiger partial charge in [0.2, 0.25) is 0 Å². The molecule has 0 fully saturated rings. The number of halogens is 3. The van der Waals surface area contributed by atoms with Gasteiger partial charge in [0.15, 0.2) is 0 Å². The Hall–Kier alpha value is -1.51. The average Bonchev–Trinajstić information content (AvgIpc) is 2.24. The number of carboxylic acids is 1. The second kappa shape index (κ2) is 8.57. The van der Waals surface area contributed by atoms with Crippen molar-refractivity contribution in [1.82, 2.24) is 10.6 Å². The second-order valence-corrected chi connectivity index (χ2v) is 3.90. The van der Waals surface area contributed by atoms with Crippen molar-refractivity contribution in [3.63, 3.8) is 0 Å². The lowest BCUT2D eigenvalue weighted by molar-refractivity contribution is -0.173. The van der Waals surface area contributed by atoms with Crippen molar-refractivity contribution < 1.29 is 32.6 Å².